The fourth-order valence-corrected chi connectivity index (χ4v) is 3.28. The third-order valence-electron chi connectivity index (χ3n) is 3.57. The second-order valence-electron chi connectivity index (χ2n) is 5.36. The molecule has 0 saturated heterocycles. The first-order valence-corrected chi connectivity index (χ1v) is 8.27. The molecule has 1 aliphatic rings. The van der Waals surface area contributed by atoms with Crippen molar-refractivity contribution >= 4 is 17.3 Å². The predicted molar refractivity (Wildman–Crippen MR) is 85.3 cm³/mol. The molecule has 0 atom stereocenters. The standard InChI is InChI=1S/C15H25N3OS/c1-3-16-15(17-10-14-9-4-11(2)20-14)18-12-5-7-13(19)8-6-12/h4,9,12-13,19H,3,5-8,10H2,1-2H3,(H2,16,17,18). The molecule has 1 aliphatic carbocycles. The number of guanidine groups is 1. The summed E-state index contributed by atoms with van der Waals surface area (Å²) in [6.45, 7) is 5.79. The maximum atomic E-state index is 9.55. The highest BCUT2D eigenvalue weighted by atomic mass is 32.1. The van der Waals surface area contributed by atoms with E-state index in [1.165, 1.54) is 9.75 Å². The first-order valence-electron chi connectivity index (χ1n) is 7.45. The van der Waals surface area contributed by atoms with Crippen LogP contribution >= 0.6 is 11.3 Å². The molecule has 0 radical (unpaired) electrons. The van der Waals surface area contributed by atoms with Crippen LogP contribution in [0, 0.1) is 6.92 Å². The van der Waals surface area contributed by atoms with E-state index in [-0.39, 0.29) is 6.10 Å². The van der Waals surface area contributed by atoms with Gasteiger partial charge in [0, 0.05) is 22.3 Å². The number of rotatable bonds is 4. The lowest BCUT2D eigenvalue weighted by Crippen LogP contribution is -2.45. The highest BCUT2D eigenvalue weighted by molar-refractivity contribution is 7.11. The Morgan fingerprint density at radius 3 is 2.70 bits per heavy atom. The van der Waals surface area contributed by atoms with Crippen LogP contribution in [0.3, 0.4) is 0 Å². The zero-order valence-corrected chi connectivity index (χ0v) is 13.2. The maximum Gasteiger partial charge on any atom is 0.191 e. The van der Waals surface area contributed by atoms with Gasteiger partial charge in [0.1, 0.15) is 0 Å². The predicted octanol–water partition coefficient (Wildman–Crippen LogP) is 2.42. The van der Waals surface area contributed by atoms with E-state index in [1.54, 1.807) is 11.3 Å². The summed E-state index contributed by atoms with van der Waals surface area (Å²) in [5.41, 5.74) is 0. The molecule has 3 N–H and O–H groups in total. The van der Waals surface area contributed by atoms with Crippen LogP contribution in [-0.2, 0) is 6.54 Å². The smallest absolute Gasteiger partial charge is 0.191 e. The number of thiophene rings is 1. The van der Waals surface area contributed by atoms with E-state index in [4.69, 9.17) is 0 Å². The van der Waals surface area contributed by atoms with Crippen LogP contribution in [-0.4, -0.2) is 29.8 Å². The minimum absolute atomic E-state index is 0.110. The minimum atomic E-state index is -0.110. The average Bonchev–Trinajstić information content (AvgIpc) is 2.85. The maximum absolute atomic E-state index is 9.55. The van der Waals surface area contributed by atoms with E-state index in [0.717, 1.165) is 44.7 Å². The molecule has 0 amide bonds. The second-order valence-corrected chi connectivity index (χ2v) is 6.73. The number of nitrogens with zero attached hydrogens (tertiary/aromatic N) is 1. The summed E-state index contributed by atoms with van der Waals surface area (Å²) in [5, 5.41) is 16.3. The fourth-order valence-electron chi connectivity index (χ4n) is 2.46. The lowest BCUT2D eigenvalue weighted by Gasteiger charge is -2.27. The van der Waals surface area contributed by atoms with Crippen LogP contribution in [0.4, 0.5) is 0 Å². The fraction of sp³-hybridized carbons (Fsp3) is 0.667. The Bertz CT molecular complexity index is 436. The van der Waals surface area contributed by atoms with E-state index < -0.39 is 0 Å². The third kappa shape index (κ3) is 4.80. The highest BCUT2D eigenvalue weighted by Crippen LogP contribution is 2.18. The van der Waals surface area contributed by atoms with Gasteiger partial charge >= 0.3 is 0 Å². The molecule has 20 heavy (non-hydrogen) atoms. The Labute approximate surface area is 125 Å². The van der Waals surface area contributed by atoms with E-state index in [9.17, 15) is 5.11 Å². The summed E-state index contributed by atoms with van der Waals surface area (Å²) in [6.07, 6.45) is 3.71. The SMILES string of the molecule is CCNC(=NCc1ccc(C)s1)NC1CCC(O)CC1. The number of aliphatic hydroxyl groups excluding tert-OH is 1. The number of nitrogens with one attached hydrogen (secondary N) is 2. The lowest BCUT2D eigenvalue weighted by molar-refractivity contribution is 0.120. The zero-order chi connectivity index (χ0) is 14.4. The van der Waals surface area contributed by atoms with Crippen LogP contribution in [0.2, 0.25) is 0 Å². The van der Waals surface area contributed by atoms with Gasteiger partial charge in [-0.1, -0.05) is 0 Å². The normalized spacial score (nSPS) is 23.6. The Morgan fingerprint density at radius 2 is 2.10 bits per heavy atom. The van der Waals surface area contributed by atoms with Crippen molar-refractivity contribution in [2.24, 2.45) is 4.99 Å². The molecule has 1 aromatic rings. The molecular formula is C15H25N3OS. The van der Waals surface area contributed by atoms with Gasteiger partial charge in [0.05, 0.1) is 12.6 Å². The zero-order valence-electron chi connectivity index (χ0n) is 12.4. The van der Waals surface area contributed by atoms with E-state index in [1.807, 2.05) is 0 Å². The van der Waals surface area contributed by atoms with Crippen molar-refractivity contribution < 1.29 is 5.11 Å². The highest BCUT2D eigenvalue weighted by Gasteiger charge is 2.19. The van der Waals surface area contributed by atoms with Crippen molar-refractivity contribution in [2.75, 3.05) is 6.54 Å². The second kappa shape index (κ2) is 7.64. The summed E-state index contributed by atoms with van der Waals surface area (Å²) < 4.78 is 0. The Morgan fingerprint density at radius 1 is 1.35 bits per heavy atom. The summed E-state index contributed by atoms with van der Waals surface area (Å²) in [5.74, 6) is 0.889. The Hall–Kier alpha value is -1.07. The van der Waals surface area contributed by atoms with Crippen LogP contribution in [0.5, 0.6) is 0 Å². The monoisotopic (exact) mass is 295 g/mol. The minimum Gasteiger partial charge on any atom is -0.393 e. The van der Waals surface area contributed by atoms with Gasteiger partial charge in [-0.15, -0.1) is 11.3 Å². The number of hydrogen-bond donors (Lipinski definition) is 3. The van der Waals surface area contributed by atoms with Crippen LogP contribution in [0.15, 0.2) is 17.1 Å². The molecular weight excluding hydrogens is 270 g/mol. The van der Waals surface area contributed by atoms with Gasteiger partial charge in [0.25, 0.3) is 0 Å². The largest absolute Gasteiger partial charge is 0.393 e. The van der Waals surface area contributed by atoms with Crippen LogP contribution in [0.1, 0.15) is 42.4 Å². The van der Waals surface area contributed by atoms with Gasteiger partial charge in [-0.25, -0.2) is 4.99 Å². The van der Waals surface area contributed by atoms with Crippen molar-refractivity contribution in [3.63, 3.8) is 0 Å². The number of aliphatic hydroxyl groups is 1. The lowest BCUT2D eigenvalue weighted by atomic mass is 9.93. The third-order valence-corrected chi connectivity index (χ3v) is 4.56. The van der Waals surface area contributed by atoms with Crippen molar-refractivity contribution in [1.82, 2.24) is 10.6 Å². The molecule has 0 aliphatic heterocycles. The van der Waals surface area contributed by atoms with Gasteiger partial charge < -0.3 is 15.7 Å². The van der Waals surface area contributed by atoms with Crippen molar-refractivity contribution in [3.05, 3.63) is 21.9 Å². The average molecular weight is 295 g/mol. The molecule has 0 unspecified atom stereocenters. The molecule has 0 bridgehead atoms. The molecule has 1 saturated carbocycles. The van der Waals surface area contributed by atoms with Gasteiger partial charge in [-0.2, -0.15) is 0 Å². The first-order chi connectivity index (χ1) is 9.67. The van der Waals surface area contributed by atoms with Crippen LogP contribution < -0.4 is 10.6 Å². The summed E-state index contributed by atoms with van der Waals surface area (Å²) in [4.78, 5) is 7.27. The number of hydrogen-bond acceptors (Lipinski definition) is 3. The molecule has 0 aromatic carbocycles. The molecule has 1 aromatic heterocycles. The Kier molecular flexibility index (Phi) is 5.86. The Balaban J connectivity index is 1.88. The number of aryl methyl sites for hydroxylation is 1. The van der Waals surface area contributed by atoms with Crippen molar-refractivity contribution in [2.45, 2.75) is 58.2 Å². The summed E-state index contributed by atoms with van der Waals surface area (Å²) >= 11 is 1.80. The van der Waals surface area contributed by atoms with E-state index in [0.29, 0.717) is 6.04 Å². The van der Waals surface area contributed by atoms with Crippen molar-refractivity contribution in [1.29, 1.82) is 0 Å². The molecule has 0 spiro atoms. The van der Waals surface area contributed by atoms with Gasteiger partial charge in [-0.3, -0.25) is 0 Å². The molecule has 4 nitrogen and oxygen atoms in total. The topological polar surface area (TPSA) is 56.7 Å². The molecule has 1 fully saturated rings. The molecule has 2 rings (SSSR count). The quantitative estimate of drug-likeness (QED) is 0.590. The van der Waals surface area contributed by atoms with E-state index in [2.05, 4.69) is 41.6 Å². The number of aliphatic imine (C=N–C) groups is 1. The van der Waals surface area contributed by atoms with E-state index >= 15 is 0 Å². The van der Waals surface area contributed by atoms with Gasteiger partial charge in [0.15, 0.2) is 5.96 Å². The molecule has 5 heteroatoms. The first kappa shape index (κ1) is 15.3. The summed E-state index contributed by atoms with van der Waals surface area (Å²) in [7, 11) is 0. The summed E-state index contributed by atoms with van der Waals surface area (Å²) in [6, 6.07) is 4.71. The molecule has 1 heterocycles. The van der Waals surface area contributed by atoms with Gasteiger partial charge in [0.2, 0.25) is 0 Å². The molecule has 112 valence electrons. The van der Waals surface area contributed by atoms with Gasteiger partial charge in [-0.05, 0) is 51.7 Å². The van der Waals surface area contributed by atoms with Crippen molar-refractivity contribution in [3.8, 4) is 0 Å². The van der Waals surface area contributed by atoms with Crippen LogP contribution in [0.25, 0.3) is 0 Å².